The Hall–Kier alpha value is -1.28. The zero-order valence-electron chi connectivity index (χ0n) is 11.6. The fourth-order valence-electron chi connectivity index (χ4n) is 1.96. The largest absolute Gasteiger partial charge is 0.315 e. The number of thiophene rings is 1. The first-order chi connectivity index (χ1) is 10.0. The van der Waals surface area contributed by atoms with Gasteiger partial charge in [-0.2, -0.15) is 0 Å². The molecular formula is C14H17FN2O2S2. The molecule has 2 aromatic rings. The summed E-state index contributed by atoms with van der Waals surface area (Å²) in [5, 5.41) is 4.71. The maximum absolute atomic E-state index is 13.0. The molecule has 0 saturated heterocycles. The minimum absolute atomic E-state index is 0.237. The molecule has 21 heavy (non-hydrogen) atoms. The van der Waals surface area contributed by atoms with E-state index in [1.807, 2.05) is 0 Å². The van der Waals surface area contributed by atoms with Gasteiger partial charge in [0.1, 0.15) is 5.82 Å². The van der Waals surface area contributed by atoms with E-state index in [9.17, 15) is 12.8 Å². The Morgan fingerprint density at radius 1 is 1.29 bits per heavy atom. The minimum Gasteiger partial charge on any atom is -0.315 e. The average Bonchev–Trinajstić information content (AvgIpc) is 2.88. The second-order valence-electron chi connectivity index (χ2n) is 4.52. The topological polar surface area (TPSA) is 58.2 Å². The minimum atomic E-state index is -3.52. The molecule has 0 atom stereocenters. The molecule has 1 aromatic heterocycles. The predicted molar refractivity (Wildman–Crippen MR) is 82.4 cm³/mol. The van der Waals surface area contributed by atoms with Crippen molar-refractivity contribution < 1.29 is 12.8 Å². The van der Waals surface area contributed by atoms with Crippen molar-refractivity contribution in [3.05, 3.63) is 52.0 Å². The third-order valence-corrected chi connectivity index (χ3v) is 5.52. The lowest BCUT2D eigenvalue weighted by Crippen LogP contribution is -2.26. The Kier molecular flexibility index (Phi) is 5.46. The summed E-state index contributed by atoms with van der Waals surface area (Å²) in [7, 11) is -1.75. The van der Waals surface area contributed by atoms with Gasteiger partial charge in [-0.3, -0.25) is 0 Å². The summed E-state index contributed by atoms with van der Waals surface area (Å²) in [5.74, 6) is -0.315. The van der Waals surface area contributed by atoms with E-state index in [0.29, 0.717) is 17.9 Å². The highest BCUT2D eigenvalue weighted by Crippen LogP contribution is 2.21. The zero-order valence-corrected chi connectivity index (χ0v) is 13.2. The first-order valence-corrected chi connectivity index (χ1v) is 8.84. The molecule has 2 rings (SSSR count). The van der Waals surface area contributed by atoms with Gasteiger partial charge in [-0.15, -0.1) is 11.3 Å². The highest BCUT2D eigenvalue weighted by Gasteiger charge is 2.18. The molecule has 0 aliphatic carbocycles. The molecule has 0 bridgehead atoms. The number of hydrogen-bond donors (Lipinski definition) is 2. The number of nitrogens with one attached hydrogen (secondary N) is 2. The fourth-order valence-corrected chi connectivity index (χ4v) is 4.44. The van der Waals surface area contributed by atoms with Gasteiger partial charge in [0, 0.05) is 18.0 Å². The quantitative estimate of drug-likeness (QED) is 0.818. The average molecular weight is 328 g/mol. The highest BCUT2D eigenvalue weighted by atomic mass is 32.2. The van der Waals surface area contributed by atoms with E-state index in [0.717, 1.165) is 10.4 Å². The Morgan fingerprint density at radius 2 is 2.10 bits per heavy atom. The standard InChI is InChI=1S/C14H17FN2O2S2/c1-16-10-13-14(6-8-20-13)21(18,19)17-7-5-11-3-2-4-12(15)9-11/h2-4,6,8-9,16-17H,5,7,10H2,1H3. The van der Waals surface area contributed by atoms with Crippen molar-refractivity contribution in [3.63, 3.8) is 0 Å². The van der Waals surface area contributed by atoms with Crippen molar-refractivity contribution >= 4 is 21.4 Å². The van der Waals surface area contributed by atoms with E-state index in [-0.39, 0.29) is 12.4 Å². The van der Waals surface area contributed by atoms with Gasteiger partial charge in [0.2, 0.25) is 10.0 Å². The van der Waals surface area contributed by atoms with Crippen LogP contribution in [-0.2, 0) is 23.0 Å². The molecule has 4 nitrogen and oxygen atoms in total. The lowest BCUT2D eigenvalue weighted by molar-refractivity contribution is 0.580. The molecule has 0 unspecified atom stereocenters. The monoisotopic (exact) mass is 328 g/mol. The fraction of sp³-hybridized carbons (Fsp3) is 0.286. The zero-order chi connectivity index (χ0) is 15.3. The molecule has 0 spiro atoms. The van der Waals surface area contributed by atoms with Crippen LogP contribution in [0.25, 0.3) is 0 Å². The lowest BCUT2D eigenvalue weighted by Gasteiger charge is -2.08. The van der Waals surface area contributed by atoms with Gasteiger partial charge in [0.15, 0.2) is 0 Å². The second kappa shape index (κ2) is 7.13. The number of rotatable bonds is 7. The molecule has 1 aromatic carbocycles. The van der Waals surface area contributed by atoms with Gasteiger partial charge in [0.05, 0.1) is 4.90 Å². The van der Waals surface area contributed by atoms with Crippen LogP contribution in [0.1, 0.15) is 10.4 Å². The van der Waals surface area contributed by atoms with Gasteiger partial charge in [0.25, 0.3) is 0 Å². The Morgan fingerprint density at radius 3 is 2.81 bits per heavy atom. The van der Waals surface area contributed by atoms with Crippen molar-refractivity contribution in [2.24, 2.45) is 0 Å². The smallest absolute Gasteiger partial charge is 0.241 e. The molecule has 0 aliphatic rings. The summed E-state index contributed by atoms with van der Waals surface area (Å²) in [6.07, 6.45) is 0.447. The second-order valence-corrected chi connectivity index (χ2v) is 7.25. The maximum atomic E-state index is 13.0. The van der Waals surface area contributed by atoms with Crippen LogP contribution in [0.4, 0.5) is 4.39 Å². The Bertz CT molecular complexity index is 699. The van der Waals surface area contributed by atoms with Gasteiger partial charge >= 0.3 is 0 Å². The van der Waals surface area contributed by atoms with Crippen LogP contribution < -0.4 is 10.0 Å². The van der Waals surface area contributed by atoms with E-state index < -0.39 is 10.0 Å². The van der Waals surface area contributed by atoms with Crippen LogP contribution in [0.3, 0.4) is 0 Å². The summed E-state index contributed by atoms with van der Waals surface area (Å²) in [6.45, 7) is 0.748. The highest BCUT2D eigenvalue weighted by molar-refractivity contribution is 7.89. The van der Waals surface area contributed by atoms with Crippen molar-refractivity contribution in [2.75, 3.05) is 13.6 Å². The first-order valence-electron chi connectivity index (χ1n) is 6.48. The summed E-state index contributed by atoms with van der Waals surface area (Å²) >= 11 is 1.40. The van der Waals surface area contributed by atoms with E-state index >= 15 is 0 Å². The van der Waals surface area contributed by atoms with Crippen LogP contribution in [0, 0.1) is 5.82 Å². The van der Waals surface area contributed by atoms with Gasteiger partial charge in [-0.1, -0.05) is 12.1 Å². The predicted octanol–water partition coefficient (Wildman–Crippen LogP) is 2.13. The third-order valence-electron chi connectivity index (χ3n) is 2.93. The summed E-state index contributed by atoms with van der Waals surface area (Å²) in [4.78, 5) is 1.08. The molecular weight excluding hydrogens is 311 g/mol. The van der Waals surface area contributed by atoms with Crippen molar-refractivity contribution in [2.45, 2.75) is 17.9 Å². The number of hydrogen-bond acceptors (Lipinski definition) is 4. The van der Waals surface area contributed by atoms with E-state index in [1.165, 1.54) is 23.5 Å². The van der Waals surface area contributed by atoms with Crippen molar-refractivity contribution in [3.8, 4) is 0 Å². The van der Waals surface area contributed by atoms with Crippen LogP contribution in [0.2, 0.25) is 0 Å². The van der Waals surface area contributed by atoms with E-state index in [1.54, 1.807) is 30.6 Å². The van der Waals surface area contributed by atoms with Crippen LogP contribution in [-0.4, -0.2) is 22.0 Å². The van der Waals surface area contributed by atoms with Gasteiger partial charge in [-0.25, -0.2) is 17.5 Å². The van der Waals surface area contributed by atoms with E-state index in [2.05, 4.69) is 10.0 Å². The molecule has 1 heterocycles. The molecule has 7 heteroatoms. The molecule has 0 fully saturated rings. The summed E-state index contributed by atoms with van der Waals surface area (Å²) in [5.41, 5.74) is 0.762. The lowest BCUT2D eigenvalue weighted by atomic mass is 10.1. The van der Waals surface area contributed by atoms with Crippen LogP contribution in [0.15, 0.2) is 40.6 Å². The maximum Gasteiger partial charge on any atom is 0.241 e. The van der Waals surface area contributed by atoms with Gasteiger partial charge in [-0.05, 0) is 42.6 Å². The first kappa shape index (κ1) is 16.1. The van der Waals surface area contributed by atoms with Crippen molar-refractivity contribution in [1.82, 2.24) is 10.0 Å². The van der Waals surface area contributed by atoms with Crippen molar-refractivity contribution in [1.29, 1.82) is 0 Å². The molecule has 0 aliphatic heterocycles. The number of benzene rings is 1. The van der Waals surface area contributed by atoms with E-state index in [4.69, 9.17) is 0 Å². The summed E-state index contributed by atoms with van der Waals surface area (Å²) < 4.78 is 40.1. The molecule has 0 radical (unpaired) electrons. The molecule has 0 saturated carbocycles. The molecule has 114 valence electrons. The normalized spacial score (nSPS) is 11.7. The Labute approximate surface area is 128 Å². The number of halogens is 1. The molecule has 0 amide bonds. The van der Waals surface area contributed by atoms with Crippen LogP contribution in [0.5, 0.6) is 0 Å². The Balaban J connectivity index is 2.00. The summed E-state index contributed by atoms with van der Waals surface area (Å²) in [6, 6.07) is 7.76. The van der Waals surface area contributed by atoms with Gasteiger partial charge < -0.3 is 5.32 Å². The third kappa shape index (κ3) is 4.34. The number of sulfonamides is 1. The van der Waals surface area contributed by atoms with Crippen LogP contribution >= 0.6 is 11.3 Å². The SMILES string of the molecule is CNCc1sccc1S(=O)(=O)NCCc1cccc(F)c1. The molecule has 2 N–H and O–H groups in total.